The molecule has 1 atom stereocenters. The monoisotopic (exact) mass is 406 g/mol. The number of nitrogens with zero attached hydrogens (tertiary/aromatic N) is 3. The van der Waals surface area contributed by atoms with Crippen LogP contribution in [0.25, 0.3) is 10.9 Å². The smallest absolute Gasteiger partial charge is 0.271 e. The van der Waals surface area contributed by atoms with E-state index < -0.39 is 11.7 Å². The van der Waals surface area contributed by atoms with E-state index in [1.54, 1.807) is 22.8 Å². The van der Waals surface area contributed by atoms with E-state index in [2.05, 4.69) is 15.5 Å². The van der Waals surface area contributed by atoms with E-state index in [0.717, 1.165) is 18.7 Å². The maximum absolute atomic E-state index is 14.1. The summed E-state index contributed by atoms with van der Waals surface area (Å²) in [5.74, 6) is -0.343. The highest BCUT2D eigenvalue weighted by Gasteiger charge is 2.30. The number of phenolic OH excluding ortho intramolecular Hbond substituents is 1. The number of rotatable bonds is 2. The molecule has 30 heavy (non-hydrogen) atoms. The number of hydrogen-bond acceptors (Lipinski definition) is 5. The number of nitrogens with one attached hydrogen (secondary N) is 1. The summed E-state index contributed by atoms with van der Waals surface area (Å²) in [5.41, 5.74) is 4.37. The highest BCUT2D eigenvalue weighted by atomic mass is 19.1. The minimum absolute atomic E-state index is 0.0621. The third-order valence-electron chi connectivity index (χ3n) is 5.82. The Morgan fingerprint density at radius 1 is 1.33 bits per heavy atom. The topological polar surface area (TPSA) is 96.6 Å². The molecule has 152 valence electrons. The van der Waals surface area contributed by atoms with Gasteiger partial charge in [0.05, 0.1) is 16.6 Å². The number of amides is 1. The lowest BCUT2D eigenvalue weighted by Gasteiger charge is -2.07. The molecule has 0 saturated heterocycles. The number of aryl methyl sites for hydroxylation is 1. The summed E-state index contributed by atoms with van der Waals surface area (Å²) < 4.78 is 15.8. The van der Waals surface area contributed by atoms with Crippen LogP contribution in [0.4, 0.5) is 4.39 Å². The zero-order chi connectivity index (χ0) is 21.0. The van der Waals surface area contributed by atoms with Crippen LogP contribution < -0.4 is 11.0 Å². The van der Waals surface area contributed by atoms with Crippen molar-refractivity contribution in [1.82, 2.24) is 15.0 Å². The van der Waals surface area contributed by atoms with Crippen molar-refractivity contribution < 1.29 is 14.3 Å². The second kappa shape index (κ2) is 6.76. The van der Waals surface area contributed by atoms with Crippen molar-refractivity contribution in [3.8, 4) is 5.75 Å². The molecule has 5 rings (SSSR count). The number of hydrogen-bond donors (Lipinski definition) is 2. The number of aromatic hydroxyl groups is 1. The van der Waals surface area contributed by atoms with Gasteiger partial charge in [-0.25, -0.2) is 14.8 Å². The predicted octanol–water partition coefficient (Wildman–Crippen LogP) is 2.83. The summed E-state index contributed by atoms with van der Waals surface area (Å²) in [5, 5.41) is 14.8. The molecular formula is C22H19FN4O3. The fourth-order valence-electron chi connectivity index (χ4n) is 4.37. The summed E-state index contributed by atoms with van der Waals surface area (Å²) in [6.07, 6.45) is 2.04. The maximum Gasteiger partial charge on any atom is 0.271 e. The molecule has 1 aliphatic carbocycles. The average Bonchev–Trinajstić information content (AvgIpc) is 3.33. The molecule has 2 N–H and O–H groups in total. The quantitative estimate of drug-likeness (QED) is 0.640. The molecule has 1 aliphatic heterocycles. The van der Waals surface area contributed by atoms with E-state index in [4.69, 9.17) is 0 Å². The van der Waals surface area contributed by atoms with Gasteiger partial charge in [-0.05, 0) is 49.1 Å². The van der Waals surface area contributed by atoms with Gasteiger partial charge in [-0.15, -0.1) is 0 Å². The third kappa shape index (κ3) is 2.79. The summed E-state index contributed by atoms with van der Waals surface area (Å²) in [7, 11) is 0. The largest absolute Gasteiger partial charge is 0.507 e. The molecule has 0 radical (unpaired) electrons. The average molecular weight is 406 g/mol. The fraction of sp³-hybridized carbons (Fsp3) is 0.273. The van der Waals surface area contributed by atoms with Gasteiger partial charge in [-0.1, -0.05) is 6.92 Å². The molecule has 0 unspecified atom stereocenters. The molecule has 8 heteroatoms. The summed E-state index contributed by atoms with van der Waals surface area (Å²) in [4.78, 5) is 29.7. The number of hydrazone groups is 1. The Bertz CT molecular complexity index is 1310. The molecule has 2 aromatic carbocycles. The zero-order valence-corrected chi connectivity index (χ0v) is 16.3. The molecule has 0 fully saturated rings. The van der Waals surface area contributed by atoms with E-state index in [1.165, 1.54) is 12.1 Å². The highest BCUT2D eigenvalue weighted by molar-refractivity contribution is 6.08. The highest BCUT2D eigenvalue weighted by Crippen LogP contribution is 2.39. The number of phenols is 1. The van der Waals surface area contributed by atoms with Crippen molar-refractivity contribution in [3.05, 3.63) is 69.0 Å². The van der Waals surface area contributed by atoms with Crippen LogP contribution >= 0.6 is 0 Å². The van der Waals surface area contributed by atoms with Crippen molar-refractivity contribution in [2.24, 2.45) is 5.10 Å². The Labute approximate surface area is 170 Å². The van der Waals surface area contributed by atoms with Crippen molar-refractivity contribution in [3.63, 3.8) is 0 Å². The third-order valence-corrected chi connectivity index (χ3v) is 5.82. The van der Waals surface area contributed by atoms with Gasteiger partial charge in [0.15, 0.2) is 0 Å². The van der Waals surface area contributed by atoms with Crippen LogP contribution in [0.1, 0.15) is 53.0 Å². The summed E-state index contributed by atoms with van der Waals surface area (Å²) in [6.45, 7) is 2.52. The van der Waals surface area contributed by atoms with Gasteiger partial charge < -0.3 is 5.11 Å². The SMILES string of the molecule is C[C@@H]1C/C(=N\NC(=O)c2ccc3c(=O)n4c(nc3c2)CCC4)c2c(O)ccc(F)c21. The fourth-order valence-corrected chi connectivity index (χ4v) is 4.37. The molecule has 0 spiro atoms. The first-order valence-electron chi connectivity index (χ1n) is 9.86. The number of aromatic nitrogens is 2. The summed E-state index contributed by atoms with van der Waals surface area (Å²) >= 11 is 0. The Hall–Kier alpha value is -3.55. The minimum Gasteiger partial charge on any atom is -0.507 e. The zero-order valence-electron chi connectivity index (χ0n) is 16.3. The standard InChI is InChI=1S/C22H19FN4O3/c1-11-9-16(20-17(28)7-6-14(23)19(11)20)25-26-21(29)12-4-5-13-15(10-12)24-18-3-2-8-27(18)22(13)30/h4-7,10-11,28H,2-3,8-9H2,1H3,(H,26,29)/b25-16+/t11-/m1/s1. The first-order chi connectivity index (χ1) is 14.4. The first kappa shape index (κ1) is 18.5. The molecular weight excluding hydrogens is 387 g/mol. The number of benzene rings is 2. The Balaban J connectivity index is 1.46. The molecule has 1 aromatic heterocycles. The lowest BCUT2D eigenvalue weighted by atomic mass is 10.0. The van der Waals surface area contributed by atoms with E-state index in [0.29, 0.717) is 46.3 Å². The molecule has 2 heterocycles. The van der Waals surface area contributed by atoms with Crippen molar-refractivity contribution >= 4 is 22.5 Å². The van der Waals surface area contributed by atoms with Gasteiger partial charge in [0.25, 0.3) is 11.5 Å². The second-order valence-corrected chi connectivity index (χ2v) is 7.78. The molecule has 0 bridgehead atoms. The van der Waals surface area contributed by atoms with Crippen molar-refractivity contribution in [1.29, 1.82) is 0 Å². The molecule has 7 nitrogen and oxygen atoms in total. The van der Waals surface area contributed by atoms with Gasteiger partial charge in [0, 0.05) is 29.7 Å². The number of halogens is 1. The molecule has 3 aromatic rings. The van der Waals surface area contributed by atoms with Crippen LogP contribution in [0.2, 0.25) is 0 Å². The Morgan fingerprint density at radius 3 is 3.00 bits per heavy atom. The van der Waals surface area contributed by atoms with E-state index in [1.807, 2.05) is 6.92 Å². The normalized spacial score (nSPS) is 18.6. The van der Waals surface area contributed by atoms with E-state index in [-0.39, 0.29) is 17.2 Å². The first-order valence-corrected chi connectivity index (χ1v) is 9.86. The summed E-state index contributed by atoms with van der Waals surface area (Å²) in [6, 6.07) is 7.26. The van der Waals surface area contributed by atoms with Crippen LogP contribution in [-0.2, 0) is 13.0 Å². The Kier molecular flexibility index (Phi) is 4.16. The molecule has 0 saturated carbocycles. The second-order valence-electron chi connectivity index (χ2n) is 7.78. The van der Waals surface area contributed by atoms with Crippen LogP contribution in [0.5, 0.6) is 5.75 Å². The maximum atomic E-state index is 14.1. The number of carbonyl (C=O) groups excluding carboxylic acids is 1. The lowest BCUT2D eigenvalue weighted by Crippen LogP contribution is -2.22. The van der Waals surface area contributed by atoms with E-state index >= 15 is 0 Å². The van der Waals surface area contributed by atoms with Gasteiger partial charge in [-0.3, -0.25) is 14.2 Å². The molecule has 2 aliphatic rings. The van der Waals surface area contributed by atoms with Gasteiger partial charge in [0.2, 0.25) is 0 Å². The number of fused-ring (bicyclic) bond motifs is 3. The molecule has 1 amide bonds. The lowest BCUT2D eigenvalue weighted by molar-refractivity contribution is 0.0955. The number of carbonyl (C=O) groups is 1. The van der Waals surface area contributed by atoms with Gasteiger partial charge >= 0.3 is 0 Å². The Morgan fingerprint density at radius 2 is 2.17 bits per heavy atom. The van der Waals surface area contributed by atoms with E-state index in [9.17, 15) is 19.1 Å². The van der Waals surface area contributed by atoms with Gasteiger partial charge in [0.1, 0.15) is 17.4 Å². The van der Waals surface area contributed by atoms with Crippen molar-refractivity contribution in [2.45, 2.75) is 38.6 Å². The van der Waals surface area contributed by atoms with Crippen LogP contribution in [0.15, 0.2) is 40.2 Å². The predicted molar refractivity (Wildman–Crippen MR) is 109 cm³/mol. The minimum atomic E-state index is -0.469. The van der Waals surface area contributed by atoms with Crippen LogP contribution in [0, 0.1) is 5.82 Å². The van der Waals surface area contributed by atoms with Crippen LogP contribution in [0.3, 0.4) is 0 Å². The van der Waals surface area contributed by atoms with Crippen molar-refractivity contribution in [2.75, 3.05) is 0 Å². The van der Waals surface area contributed by atoms with Crippen LogP contribution in [-0.4, -0.2) is 26.3 Å². The van der Waals surface area contributed by atoms with Gasteiger partial charge in [-0.2, -0.15) is 5.10 Å².